The average molecular weight is 364 g/mol. The third-order valence-electron chi connectivity index (χ3n) is 4.45. The predicted octanol–water partition coefficient (Wildman–Crippen LogP) is 3.24. The molecule has 0 aliphatic carbocycles. The third kappa shape index (κ3) is 4.23. The van der Waals surface area contributed by atoms with E-state index in [1.165, 1.54) is 5.56 Å². The smallest absolute Gasteiger partial charge is 0.291 e. The number of nitrogens with one attached hydrogen (secondary N) is 1. The van der Waals surface area contributed by atoms with Crippen LogP contribution in [-0.4, -0.2) is 40.9 Å². The van der Waals surface area contributed by atoms with Crippen molar-refractivity contribution >= 4 is 5.91 Å². The fraction of sp³-hybridized carbons (Fsp3) is 0.286. The average Bonchev–Trinajstić information content (AvgIpc) is 3.10. The van der Waals surface area contributed by atoms with Gasteiger partial charge in [0.1, 0.15) is 0 Å². The first-order chi connectivity index (χ1) is 13.0. The molecule has 0 fully saturated rings. The summed E-state index contributed by atoms with van der Waals surface area (Å²) in [5, 5.41) is 7.25. The number of carbonyl (C=O) groups excluding carboxylic acids is 1. The second-order valence-corrected chi connectivity index (χ2v) is 6.55. The summed E-state index contributed by atoms with van der Waals surface area (Å²) in [5.74, 6) is 0.457. The first kappa shape index (κ1) is 18.8. The van der Waals surface area contributed by atoms with Crippen LogP contribution in [0.3, 0.4) is 0 Å². The standard InChI is InChI=1S/C21H24N4O2/c1-14-5-8-17(9-6-14)20-23-19(21(26)22-11-12-27-4)24-25(20)18-10-7-15(2)16(3)13-18/h5-10,13H,11-12H2,1-4H3,(H,22,26). The number of ether oxygens (including phenoxy) is 1. The molecule has 1 heterocycles. The van der Waals surface area contributed by atoms with Crippen LogP contribution in [0.2, 0.25) is 0 Å². The zero-order chi connectivity index (χ0) is 19.4. The number of hydrogen-bond donors (Lipinski definition) is 1. The summed E-state index contributed by atoms with van der Waals surface area (Å²) in [5.41, 5.74) is 5.30. The largest absolute Gasteiger partial charge is 0.383 e. The summed E-state index contributed by atoms with van der Waals surface area (Å²) < 4.78 is 6.70. The Bertz CT molecular complexity index is 945. The molecule has 140 valence electrons. The van der Waals surface area contributed by atoms with Crippen LogP contribution >= 0.6 is 0 Å². The van der Waals surface area contributed by atoms with Gasteiger partial charge >= 0.3 is 0 Å². The topological polar surface area (TPSA) is 69.0 Å². The zero-order valence-corrected chi connectivity index (χ0v) is 16.1. The predicted molar refractivity (Wildman–Crippen MR) is 105 cm³/mol. The number of hydrogen-bond acceptors (Lipinski definition) is 4. The Morgan fingerprint density at radius 3 is 2.48 bits per heavy atom. The van der Waals surface area contributed by atoms with E-state index in [1.54, 1.807) is 11.8 Å². The molecule has 0 aliphatic heterocycles. The molecule has 1 N–H and O–H groups in total. The lowest BCUT2D eigenvalue weighted by Crippen LogP contribution is -2.28. The molecule has 0 bridgehead atoms. The van der Waals surface area contributed by atoms with E-state index < -0.39 is 0 Å². The summed E-state index contributed by atoms with van der Waals surface area (Å²) in [4.78, 5) is 16.9. The Labute approximate surface area is 159 Å². The number of methoxy groups -OCH3 is 1. The lowest BCUT2D eigenvalue weighted by Gasteiger charge is -2.08. The van der Waals surface area contributed by atoms with E-state index in [-0.39, 0.29) is 11.7 Å². The number of benzene rings is 2. The maximum absolute atomic E-state index is 12.4. The van der Waals surface area contributed by atoms with Crippen LogP contribution in [0.4, 0.5) is 0 Å². The number of carbonyl (C=O) groups is 1. The van der Waals surface area contributed by atoms with Gasteiger partial charge in [0.05, 0.1) is 12.3 Å². The first-order valence-corrected chi connectivity index (χ1v) is 8.88. The SMILES string of the molecule is COCCNC(=O)c1nc(-c2ccc(C)cc2)n(-c2ccc(C)c(C)c2)n1. The van der Waals surface area contributed by atoms with Gasteiger partial charge in [0, 0.05) is 19.2 Å². The fourth-order valence-corrected chi connectivity index (χ4v) is 2.68. The molecular weight excluding hydrogens is 340 g/mol. The van der Waals surface area contributed by atoms with Crippen molar-refractivity contribution in [3.05, 3.63) is 65.0 Å². The summed E-state index contributed by atoms with van der Waals surface area (Å²) in [6.07, 6.45) is 0. The minimum atomic E-state index is -0.317. The maximum atomic E-state index is 12.4. The lowest BCUT2D eigenvalue weighted by atomic mass is 10.1. The fourth-order valence-electron chi connectivity index (χ4n) is 2.68. The van der Waals surface area contributed by atoms with Crippen LogP contribution in [0, 0.1) is 20.8 Å². The van der Waals surface area contributed by atoms with Gasteiger partial charge in [-0.25, -0.2) is 9.67 Å². The molecule has 0 aliphatic rings. The molecule has 3 aromatic rings. The Balaban J connectivity index is 2.04. The van der Waals surface area contributed by atoms with E-state index in [0.717, 1.165) is 22.4 Å². The van der Waals surface area contributed by atoms with Crippen molar-refractivity contribution in [2.24, 2.45) is 0 Å². The minimum absolute atomic E-state index is 0.139. The molecule has 0 atom stereocenters. The second kappa shape index (κ2) is 8.14. The Kier molecular flexibility index (Phi) is 5.66. The molecule has 3 rings (SSSR count). The molecule has 0 radical (unpaired) electrons. The molecule has 0 spiro atoms. The number of nitrogens with zero attached hydrogens (tertiary/aromatic N) is 3. The van der Waals surface area contributed by atoms with E-state index in [0.29, 0.717) is 19.0 Å². The van der Waals surface area contributed by atoms with Crippen molar-refractivity contribution in [1.82, 2.24) is 20.1 Å². The molecule has 6 nitrogen and oxygen atoms in total. The van der Waals surface area contributed by atoms with Gasteiger partial charge in [-0.15, -0.1) is 5.10 Å². The van der Waals surface area contributed by atoms with E-state index in [2.05, 4.69) is 29.2 Å². The van der Waals surface area contributed by atoms with Crippen LogP contribution in [0.5, 0.6) is 0 Å². The third-order valence-corrected chi connectivity index (χ3v) is 4.45. The van der Waals surface area contributed by atoms with Crippen LogP contribution in [0.25, 0.3) is 17.1 Å². The van der Waals surface area contributed by atoms with Crippen LogP contribution < -0.4 is 5.32 Å². The van der Waals surface area contributed by atoms with Gasteiger partial charge in [0.25, 0.3) is 5.91 Å². The first-order valence-electron chi connectivity index (χ1n) is 8.88. The van der Waals surface area contributed by atoms with Crippen LogP contribution in [0.1, 0.15) is 27.3 Å². The van der Waals surface area contributed by atoms with Gasteiger partial charge in [-0.3, -0.25) is 4.79 Å². The van der Waals surface area contributed by atoms with E-state index in [9.17, 15) is 4.79 Å². The van der Waals surface area contributed by atoms with E-state index in [1.807, 2.05) is 49.4 Å². The van der Waals surface area contributed by atoms with Crippen molar-refractivity contribution in [2.75, 3.05) is 20.3 Å². The zero-order valence-electron chi connectivity index (χ0n) is 16.1. The van der Waals surface area contributed by atoms with Crippen LogP contribution in [0.15, 0.2) is 42.5 Å². The molecule has 0 unspecified atom stereocenters. The highest BCUT2D eigenvalue weighted by Gasteiger charge is 2.18. The minimum Gasteiger partial charge on any atom is -0.383 e. The van der Waals surface area contributed by atoms with Gasteiger partial charge < -0.3 is 10.1 Å². The maximum Gasteiger partial charge on any atom is 0.291 e. The number of aryl methyl sites for hydroxylation is 3. The lowest BCUT2D eigenvalue weighted by molar-refractivity contribution is 0.0927. The molecule has 0 saturated carbocycles. The highest BCUT2D eigenvalue weighted by Crippen LogP contribution is 2.23. The summed E-state index contributed by atoms with van der Waals surface area (Å²) >= 11 is 0. The van der Waals surface area contributed by atoms with Crippen molar-refractivity contribution in [2.45, 2.75) is 20.8 Å². The van der Waals surface area contributed by atoms with Gasteiger partial charge in [0.2, 0.25) is 5.82 Å². The molecule has 6 heteroatoms. The van der Waals surface area contributed by atoms with Crippen molar-refractivity contribution in [3.63, 3.8) is 0 Å². The van der Waals surface area contributed by atoms with Crippen molar-refractivity contribution in [3.8, 4) is 17.1 Å². The van der Waals surface area contributed by atoms with Gasteiger partial charge in [-0.2, -0.15) is 0 Å². The van der Waals surface area contributed by atoms with Gasteiger partial charge in [-0.05, 0) is 44.0 Å². The number of rotatable bonds is 6. The molecule has 0 saturated heterocycles. The molecule has 1 amide bonds. The van der Waals surface area contributed by atoms with Gasteiger partial charge in [0.15, 0.2) is 5.82 Å². The number of aromatic nitrogens is 3. The normalized spacial score (nSPS) is 10.8. The monoisotopic (exact) mass is 364 g/mol. The second-order valence-electron chi connectivity index (χ2n) is 6.55. The molecule has 27 heavy (non-hydrogen) atoms. The highest BCUT2D eigenvalue weighted by molar-refractivity contribution is 5.91. The highest BCUT2D eigenvalue weighted by atomic mass is 16.5. The van der Waals surface area contributed by atoms with Crippen molar-refractivity contribution in [1.29, 1.82) is 0 Å². The van der Waals surface area contributed by atoms with Crippen molar-refractivity contribution < 1.29 is 9.53 Å². The Morgan fingerprint density at radius 1 is 1.07 bits per heavy atom. The van der Waals surface area contributed by atoms with E-state index >= 15 is 0 Å². The molecule has 1 aromatic heterocycles. The summed E-state index contributed by atoms with van der Waals surface area (Å²) in [6, 6.07) is 14.1. The van der Waals surface area contributed by atoms with E-state index in [4.69, 9.17) is 4.74 Å². The van der Waals surface area contributed by atoms with Gasteiger partial charge in [-0.1, -0.05) is 35.9 Å². The molecular formula is C21H24N4O2. The Hall–Kier alpha value is -2.99. The Morgan fingerprint density at radius 2 is 1.81 bits per heavy atom. The molecule has 2 aromatic carbocycles. The van der Waals surface area contributed by atoms with Crippen LogP contribution in [-0.2, 0) is 4.74 Å². The number of amides is 1. The quantitative estimate of drug-likeness (QED) is 0.682. The summed E-state index contributed by atoms with van der Waals surface area (Å²) in [6.45, 7) is 7.00. The summed E-state index contributed by atoms with van der Waals surface area (Å²) in [7, 11) is 1.59.